The predicted octanol–water partition coefficient (Wildman–Crippen LogP) is 2.09. The van der Waals surface area contributed by atoms with E-state index < -0.39 is 0 Å². The highest BCUT2D eigenvalue weighted by Crippen LogP contribution is 2.19. The molecule has 0 aliphatic carbocycles. The molecule has 0 aliphatic heterocycles. The number of nitrogens with zero attached hydrogens (tertiary/aromatic N) is 5. The van der Waals surface area contributed by atoms with Crippen LogP contribution in [-0.2, 0) is 19.5 Å². The van der Waals surface area contributed by atoms with Crippen molar-refractivity contribution in [2.45, 2.75) is 12.4 Å². The van der Waals surface area contributed by atoms with Crippen LogP contribution in [0, 0.1) is 5.82 Å². The molecule has 0 aliphatic rings. The molecule has 0 saturated carbocycles. The first-order chi connectivity index (χ1) is 9.19. The molecule has 0 fully saturated rings. The van der Waals surface area contributed by atoms with Crippen molar-refractivity contribution >= 4 is 22.6 Å². The van der Waals surface area contributed by atoms with Gasteiger partial charge in [0.15, 0.2) is 5.82 Å². The molecule has 0 atom stereocenters. The van der Waals surface area contributed by atoms with E-state index in [4.69, 9.17) is 11.6 Å². The van der Waals surface area contributed by atoms with E-state index in [0.29, 0.717) is 17.9 Å². The SMILES string of the molecule is Cn1cnnc1Cn1c(CCl)nc2cc(F)ccc21. The fraction of sp³-hybridized carbons (Fsp3) is 0.250. The highest BCUT2D eigenvalue weighted by atomic mass is 35.5. The Kier molecular flexibility index (Phi) is 2.94. The average Bonchev–Trinajstić information content (AvgIpc) is 2.94. The minimum atomic E-state index is -0.308. The van der Waals surface area contributed by atoms with E-state index in [1.807, 2.05) is 16.2 Å². The molecule has 98 valence electrons. The molecule has 0 N–H and O–H groups in total. The zero-order chi connectivity index (χ0) is 13.4. The Bertz CT molecular complexity index is 733. The van der Waals surface area contributed by atoms with Gasteiger partial charge in [0, 0.05) is 13.1 Å². The van der Waals surface area contributed by atoms with E-state index in [1.165, 1.54) is 12.1 Å². The zero-order valence-electron chi connectivity index (χ0n) is 10.2. The fourth-order valence-electron chi connectivity index (χ4n) is 2.02. The molecule has 5 nitrogen and oxygen atoms in total. The predicted molar refractivity (Wildman–Crippen MR) is 69.4 cm³/mol. The van der Waals surface area contributed by atoms with Crippen LogP contribution in [0.2, 0.25) is 0 Å². The average molecular weight is 280 g/mol. The van der Waals surface area contributed by atoms with Crippen molar-refractivity contribution in [2.24, 2.45) is 7.05 Å². The molecule has 0 unspecified atom stereocenters. The molecule has 0 amide bonds. The molecule has 1 aromatic carbocycles. The van der Waals surface area contributed by atoms with Crippen molar-refractivity contribution in [1.29, 1.82) is 0 Å². The Morgan fingerprint density at radius 1 is 1.32 bits per heavy atom. The third-order valence-electron chi connectivity index (χ3n) is 3.01. The molecule has 0 radical (unpaired) electrons. The van der Waals surface area contributed by atoms with Gasteiger partial charge >= 0.3 is 0 Å². The first-order valence-electron chi connectivity index (χ1n) is 5.72. The van der Waals surface area contributed by atoms with Gasteiger partial charge in [-0.15, -0.1) is 21.8 Å². The second-order valence-corrected chi connectivity index (χ2v) is 4.51. The number of fused-ring (bicyclic) bond motifs is 1. The number of rotatable bonds is 3. The van der Waals surface area contributed by atoms with Crippen LogP contribution in [0.5, 0.6) is 0 Å². The highest BCUT2D eigenvalue weighted by Gasteiger charge is 2.13. The van der Waals surface area contributed by atoms with Crippen molar-refractivity contribution in [3.05, 3.63) is 42.0 Å². The van der Waals surface area contributed by atoms with Crippen molar-refractivity contribution in [2.75, 3.05) is 0 Å². The molecular formula is C12H11ClFN5. The number of halogens is 2. The summed E-state index contributed by atoms with van der Waals surface area (Å²) in [6, 6.07) is 4.51. The van der Waals surface area contributed by atoms with Gasteiger partial charge in [0.25, 0.3) is 0 Å². The Morgan fingerprint density at radius 3 is 2.84 bits per heavy atom. The fourth-order valence-corrected chi connectivity index (χ4v) is 2.23. The lowest BCUT2D eigenvalue weighted by atomic mass is 10.3. The first-order valence-corrected chi connectivity index (χ1v) is 6.26. The quantitative estimate of drug-likeness (QED) is 0.690. The molecule has 3 rings (SSSR count). The number of benzene rings is 1. The second-order valence-electron chi connectivity index (χ2n) is 4.24. The van der Waals surface area contributed by atoms with Crippen LogP contribution in [0.1, 0.15) is 11.6 Å². The lowest BCUT2D eigenvalue weighted by Gasteiger charge is -2.06. The minimum absolute atomic E-state index is 0.258. The monoisotopic (exact) mass is 279 g/mol. The summed E-state index contributed by atoms with van der Waals surface area (Å²) in [5, 5.41) is 7.88. The lowest BCUT2D eigenvalue weighted by molar-refractivity contribution is 0.629. The summed E-state index contributed by atoms with van der Waals surface area (Å²) < 4.78 is 17.0. The standard InChI is InChI=1S/C12H11ClFN5/c1-18-7-15-17-12(18)6-19-10-3-2-8(14)4-9(10)16-11(19)5-13/h2-4,7H,5-6H2,1H3. The topological polar surface area (TPSA) is 48.5 Å². The van der Waals surface area contributed by atoms with Gasteiger partial charge in [-0.2, -0.15) is 0 Å². The Hall–Kier alpha value is -1.95. The zero-order valence-corrected chi connectivity index (χ0v) is 11.0. The van der Waals surface area contributed by atoms with E-state index in [0.717, 1.165) is 11.3 Å². The van der Waals surface area contributed by atoms with Gasteiger partial charge in [0.2, 0.25) is 0 Å². The number of hydrogen-bond acceptors (Lipinski definition) is 3. The number of aryl methyl sites for hydroxylation is 1. The largest absolute Gasteiger partial charge is 0.319 e. The maximum absolute atomic E-state index is 13.2. The highest BCUT2D eigenvalue weighted by molar-refractivity contribution is 6.16. The lowest BCUT2D eigenvalue weighted by Crippen LogP contribution is -2.08. The number of hydrogen-bond donors (Lipinski definition) is 0. The van der Waals surface area contributed by atoms with Crippen molar-refractivity contribution in [1.82, 2.24) is 24.3 Å². The minimum Gasteiger partial charge on any atom is -0.319 e. The van der Waals surface area contributed by atoms with Crippen molar-refractivity contribution < 1.29 is 4.39 Å². The molecule has 0 bridgehead atoms. The van der Waals surface area contributed by atoms with Gasteiger partial charge in [0.1, 0.15) is 18.0 Å². The summed E-state index contributed by atoms with van der Waals surface area (Å²) in [6.07, 6.45) is 1.63. The van der Waals surface area contributed by atoms with E-state index in [9.17, 15) is 4.39 Å². The summed E-state index contributed by atoms with van der Waals surface area (Å²) in [4.78, 5) is 4.34. The third-order valence-corrected chi connectivity index (χ3v) is 3.25. The van der Waals surface area contributed by atoms with Gasteiger partial charge in [-0.05, 0) is 12.1 Å². The Labute approximate surface area is 113 Å². The summed E-state index contributed by atoms with van der Waals surface area (Å²) >= 11 is 5.90. The van der Waals surface area contributed by atoms with Gasteiger partial charge in [-0.1, -0.05) is 0 Å². The molecular weight excluding hydrogens is 269 g/mol. The number of alkyl halides is 1. The van der Waals surface area contributed by atoms with Crippen molar-refractivity contribution in [3.8, 4) is 0 Å². The van der Waals surface area contributed by atoms with Crippen LogP contribution < -0.4 is 0 Å². The smallest absolute Gasteiger partial charge is 0.152 e. The first kappa shape index (κ1) is 12.1. The van der Waals surface area contributed by atoms with Crippen LogP contribution in [0.4, 0.5) is 4.39 Å². The third kappa shape index (κ3) is 2.08. The van der Waals surface area contributed by atoms with Crippen LogP contribution in [-0.4, -0.2) is 24.3 Å². The normalized spacial score (nSPS) is 11.3. The maximum atomic E-state index is 13.2. The van der Waals surface area contributed by atoms with Crippen molar-refractivity contribution in [3.63, 3.8) is 0 Å². The summed E-state index contributed by atoms with van der Waals surface area (Å²) in [5.74, 6) is 1.42. The molecule has 19 heavy (non-hydrogen) atoms. The summed E-state index contributed by atoms with van der Waals surface area (Å²) in [7, 11) is 1.87. The molecule has 7 heteroatoms. The van der Waals surface area contributed by atoms with E-state index >= 15 is 0 Å². The Balaban J connectivity index is 2.13. The van der Waals surface area contributed by atoms with Gasteiger partial charge < -0.3 is 9.13 Å². The van der Waals surface area contributed by atoms with Crippen LogP contribution in [0.15, 0.2) is 24.5 Å². The van der Waals surface area contributed by atoms with E-state index in [2.05, 4.69) is 15.2 Å². The van der Waals surface area contributed by atoms with Gasteiger partial charge in [-0.3, -0.25) is 0 Å². The molecule has 2 aromatic heterocycles. The maximum Gasteiger partial charge on any atom is 0.152 e. The Morgan fingerprint density at radius 2 is 2.16 bits per heavy atom. The summed E-state index contributed by atoms with van der Waals surface area (Å²) in [5.41, 5.74) is 1.43. The van der Waals surface area contributed by atoms with Crippen LogP contribution in [0.25, 0.3) is 11.0 Å². The van der Waals surface area contributed by atoms with E-state index in [-0.39, 0.29) is 11.7 Å². The number of aromatic nitrogens is 5. The van der Waals surface area contributed by atoms with E-state index in [1.54, 1.807) is 12.4 Å². The number of imidazole rings is 1. The molecule has 2 heterocycles. The van der Waals surface area contributed by atoms with Crippen LogP contribution in [0.3, 0.4) is 0 Å². The van der Waals surface area contributed by atoms with Gasteiger partial charge in [0.05, 0.1) is 23.5 Å². The van der Waals surface area contributed by atoms with Crippen LogP contribution >= 0.6 is 11.6 Å². The summed E-state index contributed by atoms with van der Waals surface area (Å²) in [6.45, 7) is 0.501. The second kappa shape index (κ2) is 4.62. The molecule has 0 spiro atoms. The van der Waals surface area contributed by atoms with Gasteiger partial charge in [-0.25, -0.2) is 9.37 Å². The molecule has 0 saturated heterocycles. The molecule has 3 aromatic rings.